The third kappa shape index (κ3) is 4.37. The third-order valence-corrected chi connectivity index (χ3v) is 9.19. The highest BCUT2D eigenvalue weighted by Gasteiger charge is 2.18. The first-order valence-corrected chi connectivity index (χ1v) is 15.8. The van der Waals surface area contributed by atoms with Gasteiger partial charge in [0.15, 0.2) is 0 Å². The van der Waals surface area contributed by atoms with E-state index in [-0.39, 0.29) is 0 Å². The van der Waals surface area contributed by atoms with Crippen molar-refractivity contribution in [3.05, 3.63) is 176 Å². The topological polar surface area (TPSA) is 12.9 Å². The van der Waals surface area contributed by atoms with Crippen molar-refractivity contribution in [1.82, 2.24) is 4.98 Å². The number of aromatic nitrogens is 1. The molecule has 0 aliphatic heterocycles. The SMILES string of the molecule is c1ccc(-c2cc(-c3ccccc3)cc(-c3cccc(-c4nc5ccccc5c5c6ccccc6c6ccccc6c45)c3)c2)cc1. The van der Waals surface area contributed by atoms with Gasteiger partial charge in [-0.1, -0.05) is 146 Å². The van der Waals surface area contributed by atoms with Gasteiger partial charge in [-0.2, -0.15) is 0 Å². The van der Waals surface area contributed by atoms with Gasteiger partial charge in [-0.15, -0.1) is 0 Å². The maximum Gasteiger partial charge on any atom is 0.0794 e. The summed E-state index contributed by atoms with van der Waals surface area (Å²) in [5.41, 5.74) is 10.3. The summed E-state index contributed by atoms with van der Waals surface area (Å²) < 4.78 is 0. The fraction of sp³-hybridized carbons (Fsp3) is 0. The lowest BCUT2D eigenvalue weighted by Gasteiger charge is -2.17. The molecule has 1 heteroatoms. The molecule has 0 N–H and O–H groups in total. The van der Waals surface area contributed by atoms with Crippen LogP contribution in [-0.4, -0.2) is 4.98 Å². The van der Waals surface area contributed by atoms with Crippen LogP contribution in [0.25, 0.3) is 87.9 Å². The number of hydrogen-bond donors (Lipinski definition) is 0. The minimum atomic E-state index is 1.01. The van der Waals surface area contributed by atoms with Crippen molar-refractivity contribution in [2.24, 2.45) is 0 Å². The zero-order valence-electron chi connectivity index (χ0n) is 25.2. The van der Waals surface area contributed by atoms with Gasteiger partial charge in [0.1, 0.15) is 0 Å². The number of fused-ring (bicyclic) bond motifs is 8. The summed E-state index contributed by atoms with van der Waals surface area (Å²) in [5.74, 6) is 0. The van der Waals surface area contributed by atoms with Crippen LogP contribution >= 0.6 is 0 Å². The first-order chi connectivity index (χ1) is 22.8. The molecule has 8 aromatic carbocycles. The molecule has 0 aliphatic carbocycles. The van der Waals surface area contributed by atoms with Gasteiger partial charge in [-0.05, 0) is 85.3 Å². The average molecular weight is 584 g/mol. The average Bonchev–Trinajstić information content (AvgIpc) is 3.15. The smallest absolute Gasteiger partial charge is 0.0794 e. The van der Waals surface area contributed by atoms with Gasteiger partial charge in [0.2, 0.25) is 0 Å². The van der Waals surface area contributed by atoms with Crippen LogP contribution in [0.2, 0.25) is 0 Å². The molecule has 9 rings (SSSR count). The highest BCUT2D eigenvalue weighted by atomic mass is 14.7. The molecule has 0 spiro atoms. The second-order valence-corrected chi connectivity index (χ2v) is 11.9. The number of nitrogens with zero attached hydrogens (tertiary/aromatic N) is 1. The molecule has 0 unspecified atom stereocenters. The molecule has 0 atom stereocenters. The van der Waals surface area contributed by atoms with Crippen LogP contribution in [0, 0.1) is 0 Å². The Hall–Kier alpha value is -6.05. The van der Waals surface area contributed by atoms with Crippen molar-refractivity contribution >= 4 is 43.2 Å². The van der Waals surface area contributed by atoms with E-state index in [0.29, 0.717) is 0 Å². The first kappa shape index (κ1) is 26.4. The zero-order valence-corrected chi connectivity index (χ0v) is 25.2. The summed E-state index contributed by atoms with van der Waals surface area (Å²) in [4.78, 5) is 5.40. The quantitative estimate of drug-likeness (QED) is 0.188. The number of para-hydroxylation sites is 1. The number of hydrogen-bond acceptors (Lipinski definition) is 1. The molecule has 9 aromatic rings. The zero-order chi connectivity index (χ0) is 30.5. The minimum absolute atomic E-state index is 1.01. The molecule has 0 saturated heterocycles. The summed E-state index contributed by atoms with van der Waals surface area (Å²) in [6.07, 6.45) is 0. The van der Waals surface area contributed by atoms with E-state index in [9.17, 15) is 0 Å². The molecule has 0 bridgehead atoms. The Morgan fingerprint density at radius 3 is 1.28 bits per heavy atom. The standard InChI is InChI=1S/C45H29N/c1-3-14-30(15-4-1)34-27-35(31-16-5-2-6-17-31)29-36(28-34)32-18-13-19-33(26-32)45-44-40-23-10-8-21-38(40)37-20-7-9-22-39(37)43(44)41-24-11-12-25-42(41)46-45/h1-29H. The number of rotatable bonds is 4. The Kier molecular flexibility index (Phi) is 6.21. The van der Waals surface area contributed by atoms with Gasteiger partial charge in [0, 0.05) is 21.7 Å². The van der Waals surface area contributed by atoms with Crippen molar-refractivity contribution < 1.29 is 0 Å². The van der Waals surface area contributed by atoms with Crippen LogP contribution in [0.4, 0.5) is 0 Å². The van der Waals surface area contributed by atoms with Crippen molar-refractivity contribution in [3.63, 3.8) is 0 Å². The van der Waals surface area contributed by atoms with E-state index >= 15 is 0 Å². The molecule has 0 amide bonds. The molecule has 1 heterocycles. The van der Waals surface area contributed by atoms with Crippen LogP contribution in [0.15, 0.2) is 176 Å². The molecule has 0 radical (unpaired) electrons. The highest BCUT2D eigenvalue weighted by Crippen LogP contribution is 2.43. The minimum Gasteiger partial charge on any atom is -0.247 e. The van der Waals surface area contributed by atoms with E-state index in [2.05, 4.69) is 176 Å². The van der Waals surface area contributed by atoms with Crippen molar-refractivity contribution in [2.75, 3.05) is 0 Å². The van der Waals surface area contributed by atoms with Gasteiger partial charge >= 0.3 is 0 Å². The molecular formula is C45H29N. The largest absolute Gasteiger partial charge is 0.247 e. The van der Waals surface area contributed by atoms with E-state index in [1.807, 2.05) is 0 Å². The van der Waals surface area contributed by atoms with Gasteiger partial charge in [-0.3, -0.25) is 0 Å². The van der Waals surface area contributed by atoms with Crippen LogP contribution in [0.5, 0.6) is 0 Å². The lowest BCUT2D eigenvalue weighted by Crippen LogP contribution is -1.93. The van der Waals surface area contributed by atoms with E-state index < -0.39 is 0 Å². The van der Waals surface area contributed by atoms with Crippen LogP contribution in [0.1, 0.15) is 0 Å². The second kappa shape index (κ2) is 10.8. The molecular weight excluding hydrogens is 555 g/mol. The van der Waals surface area contributed by atoms with E-state index in [1.54, 1.807) is 0 Å². The molecule has 1 nitrogen and oxygen atoms in total. The Balaban J connectivity index is 1.33. The Bertz CT molecular complexity index is 2510. The summed E-state index contributed by atoms with van der Waals surface area (Å²) in [6, 6.07) is 63.3. The van der Waals surface area contributed by atoms with Crippen molar-refractivity contribution in [3.8, 4) is 44.6 Å². The van der Waals surface area contributed by atoms with Crippen molar-refractivity contribution in [2.45, 2.75) is 0 Å². The van der Waals surface area contributed by atoms with Gasteiger partial charge < -0.3 is 0 Å². The van der Waals surface area contributed by atoms with E-state index in [0.717, 1.165) is 16.8 Å². The highest BCUT2D eigenvalue weighted by molar-refractivity contribution is 6.33. The van der Waals surface area contributed by atoms with Crippen molar-refractivity contribution in [1.29, 1.82) is 0 Å². The summed E-state index contributed by atoms with van der Waals surface area (Å²) in [6.45, 7) is 0. The molecule has 1 aromatic heterocycles. The summed E-state index contributed by atoms with van der Waals surface area (Å²) >= 11 is 0. The van der Waals surface area contributed by atoms with Crippen LogP contribution < -0.4 is 0 Å². The second-order valence-electron chi connectivity index (χ2n) is 11.9. The van der Waals surface area contributed by atoms with Gasteiger partial charge in [-0.25, -0.2) is 4.98 Å². The molecule has 214 valence electrons. The van der Waals surface area contributed by atoms with Crippen LogP contribution in [-0.2, 0) is 0 Å². The first-order valence-electron chi connectivity index (χ1n) is 15.8. The van der Waals surface area contributed by atoms with Gasteiger partial charge in [0.25, 0.3) is 0 Å². The predicted molar refractivity (Wildman–Crippen MR) is 196 cm³/mol. The maximum absolute atomic E-state index is 5.40. The van der Waals surface area contributed by atoms with Crippen LogP contribution in [0.3, 0.4) is 0 Å². The van der Waals surface area contributed by atoms with E-state index in [4.69, 9.17) is 4.98 Å². The maximum atomic E-state index is 5.40. The Morgan fingerprint density at radius 2 is 0.674 bits per heavy atom. The lowest BCUT2D eigenvalue weighted by molar-refractivity contribution is 1.43. The third-order valence-electron chi connectivity index (χ3n) is 9.19. The van der Waals surface area contributed by atoms with Gasteiger partial charge in [0.05, 0.1) is 11.2 Å². The Labute approximate surface area is 268 Å². The molecule has 46 heavy (non-hydrogen) atoms. The predicted octanol–water partition coefficient (Wildman–Crippen LogP) is 12.4. The number of pyridine rings is 1. The molecule has 0 fully saturated rings. The Morgan fingerprint density at radius 1 is 0.261 bits per heavy atom. The monoisotopic (exact) mass is 583 g/mol. The molecule has 0 aliphatic rings. The fourth-order valence-electron chi connectivity index (χ4n) is 7.07. The molecule has 0 saturated carbocycles. The summed E-state index contributed by atoms with van der Waals surface area (Å²) in [7, 11) is 0. The number of benzene rings is 8. The normalized spacial score (nSPS) is 11.5. The fourth-order valence-corrected chi connectivity index (χ4v) is 7.07. The summed E-state index contributed by atoms with van der Waals surface area (Å²) in [5, 5.41) is 8.66. The lowest BCUT2D eigenvalue weighted by atomic mass is 9.89. The van der Waals surface area contributed by atoms with E-state index in [1.165, 1.54) is 71.1 Å².